The highest BCUT2D eigenvalue weighted by molar-refractivity contribution is 7.92. The van der Waals surface area contributed by atoms with Gasteiger partial charge in [-0.05, 0) is 42.7 Å². The number of benzene rings is 1. The number of rotatable bonds is 10. The van der Waals surface area contributed by atoms with Crippen molar-refractivity contribution in [3.05, 3.63) is 51.9 Å². The standard InChI is InChI=1S/C20H25ClN2O7S/c1-20(19(26)22-27,31(2,28)29)7-9-23-8-6-15(13-18(23)25)14-4-5-17(16(21)12-14)30-11-3-10-24/h4-6,8,12-13,24,27H,3,7,9-11H2,1-2H3,(H,22,26). The van der Waals surface area contributed by atoms with E-state index in [-0.39, 0.29) is 19.6 Å². The van der Waals surface area contributed by atoms with Crippen molar-refractivity contribution in [3.63, 3.8) is 0 Å². The molecule has 0 bridgehead atoms. The van der Waals surface area contributed by atoms with Crippen molar-refractivity contribution >= 4 is 27.3 Å². The van der Waals surface area contributed by atoms with Crippen molar-refractivity contribution in [2.24, 2.45) is 0 Å². The average Bonchev–Trinajstić information content (AvgIpc) is 2.72. The summed E-state index contributed by atoms with van der Waals surface area (Å²) in [6, 6.07) is 8.11. The molecule has 3 N–H and O–H groups in total. The number of hydrogen-bond acceptors (Lipinski definition) is 7. The zero-order valence-corrected chi connectivity index (χ0v) is 18.7. The minimum absolute atomic E-state index is 0.0139. The number of sulfone groups is 1. The number of carbonyl (C=O) groups excluding carboxylic acids is 1. The predicted octanol–water partition coefficient (Wildman–Crippen LogP) is 1.63. The Hall–Kier alpha value is -2.40. The number of nitrogens with zero attached hydrogens (tertiary/aromatic N) is 1. The first kappa shape index (κ1) is 24.9. The van der Waals surface area contributed by atoms with Gasteiger partial charge in [0.05, 0.1) is 11.6 Å². The number of pyridine rings is 1. The third-order valence-electron chi connectivity index (χ3n) is 5.05. The maximum Gasteiger partial charge on any atom is 0.264 e. The zero-order chi connectivity index (χ0) is 23.2. The summed E-state index contributed by atoms with van der Waals surface area (Å²) in [5, 5.41) is 18.1. The van der Waals surface area contributed by atoms with Gasteiger partial charge in [0.25, 0.3) is 11.5 Å². The number of hydrogen-bond donors (Lipinski definition) is 3. The molecular formula is C20H25ClN2O7S. The van der Waals surface area contributed by atoms with Crippen molar-refractivity contribution in [2.45, 2.75) is 31.1 Å². The normalized spacial score (nSPS) is 13.5. The molecule has 0 aliphatic rings. The van der Waals surface area contributed by atoms with Crippen LogP contribution in [0.15, 0.2) is 41.3 Å². The van der Waals surface area contributed by atoms with Crippen molar-refractivity contribution in [2.75, 3.05) is 19.5 Å². The summed E-state index contributed by atoms with van der Waals surface area (Å²) in [6.07, 6.45) is 2.67. The van der Waals surface area contributed by atoms with Gasteiger partial charge in [0.2, 0.25) is 0 Å². The molecule has 0 aliphatic carbocycles. The molecule has 1 unspecified atom stereocenters. The molecule has 9 nitrogen and oxygen atoms in total. The Balaban J connectivity index is 2.21. The Morgan fingerprint density at radius 3 is 2.48 bits per heavy atom. The first-order valence-corrected chi connectivity index (χ1v) is 11.7. The molecule has 31 heavy (non-hydrogen) atoms. The second kappa shape index (κ2) is 10.3. The van der Waals surface area contributed by atoms with E-state index in [0.717, 1.165) is 6.26 Å². The molecule has 0 saturated carbocycles. The Bertz CT molecular complexity index is 1100. The largest absolute Gasteiger partial charge is 0.492 e. The second-order valence-electron chi connectivity index (χ2n) is 7.21. The minimum atomic E-state index is -3.86. The van der Waals surface area contributed by atoms with Crippen LogP contribution in [0, 0.1) is 0 Å². The molecule has 0 spiro atoms. The van der Waals surface area contributed by atoms with Crippen molar-refractivity contribution in [1.29, 1.82) is 0 Å². The lowest BCUT2D eigenvalue weighted by molar-refractivity contribution is -0.131. The summed E-state index contributed by atoms with van der Waals surface area (Å²) in [7, 11) is -3.86. The van der Waals surface area contributed by atoms with E-state index in [1.54, 1.807) is 24.3 Å². The van der Waals surface area contributed by atoms with Crippen LogP contribution < -0.4 is 15.8 Å². The molecule has 2 rings (SSSR count). The van der Waals surface area contributed by atoms with E-state index >= 15 is 0 Å². The van der Waals surface area contributed by atoms with Crippen LogP contribution in [0.5, 0.6) is 5.75 Å². The van der Waals surface area contributed by atoms with Crippen LogP contribution >= 0.6 is 11.6 Å². The van der Waals surface area contributed by atoms with Crippen LogP contribution in [0.2, 0.25) is 5.02 Å². The molecule has 2 aromatic rings. The molecule has 1 heterocycles. The number of nitrogens with one attached hydrogen (secondary N) is 1. The number of aryl methyl sites for hydroxylation is 1. The number of ether oxygens (including phenoxy) is 1. The Kier molecular flexibility index (Phi) is 8.24. The summed E-state index contributed by atoms with van der Waals surface area (Å²) in [5.41, 5.74) is 2.27. The van der Waals surface area contributed by atoms with Gasteiger partial charge in [-0.3, -0.25) is 14.8 Å². The zero-order valence-electron chi connectivity index (χ0n) is 17.2. The Morgan fingerprint density at radius 1 is 1.26 bits per heavy atom. The maximum atomic E-state index is 12.5. The summed E-state index contributed by atoms with van der Waals surface area (Å²) in [5.74, 6) is -0.593. The quantitative estimate of drug-likeness (QED) is 0.271. The van der Waals surface area contributed by atoms with Crippen LogP contribution in [0.25, 0.3) is 11.1 Å². The SMILES string of the molecule is CC(CCn1ccc(-c2ccc(OCCCO)c(Cl)c2)cc1=O)(C(=O)NO)S(C)(=O)=O. The highest BCUT2D eigenvalue weighted by Crippen LogP contribution is 2.30. The second-order valence-corrected chi connectivity index (χ2v) is 10.1. The van der Waals surface area contributed by atoms with Crippen LogP contribution in [0.3, 0.4) is 0 Å². The Labute approximate surface area is 185 Å². The van der Waals surface area contributed by atoms with Gasteiger partial charge in [-0.1, -0.05) is 17.7 Å². The third kappa shape index (κ3) is 5.85. The minimum Gasteiger partial charge on any atom is -0.492 e. The smallest absolute Gasteiger partial charge is 0.264 e. The van der Waals surface area contributed by atoms with E-state index in [1.165, 1.54) is 29.2 Å². The van der Waals surface area contributed by atoms with E-state index in [0.29, 0.717) is 34.9 Å². The average molecular weight is 473 g/mol. The summed E-state index contributed by atoms with van der Waals surface area (Å²) in [4.78, 5) is 24.4. The molecular weight excluding hydrogens is 448 g/mol. The number of aromatic nitrogens is 1. The lowest BCUT2D eigenvalue weighted by Crippen LogP contribution is -2.49. The van der Waals surface area contributed by atoms with Crippen molar-refractivity contribution < 1.29 is 28.3 Å². The van der Waals surface area contributed by atoms with Gasteiger partial charge < -0.3 is 14.4 Å². The molecule has 0 radical (unpaired) electrons. The molecule has 0 aliphatic heterocycles. The molecule has 170 valence electrons. The van der Waals surface area contributed by atoms with Gasteiger partial charge in [-0.15, -0.1) is 0 Å². The number of halogens is 1. The number of carbonyl (C=O) groups is 1. The van der Waals surface area contributed by atoms with Crippen LogP contribution in [-0.2, 0) is 21.2 Å². The van der Waals surface area contributed by atoms with E-state index in [4.69, 9.17) is 26.7 Å². The lowest BCUT2D eigenvalue weighted by Gasteiger charge is -2.25. The van der Waals surface area contributed by atoms with Crippen LogP contribution in [0.4, 0.5) is 0 Å². The van der Waals surface area contributed by atoms with Gasteiger partial charge in [0.1, 0.15) is 5.75 Å². The van der Waals surface area contributed by atoms with Crippen molar-refractivity contribution in [3.8, 4) is 16.9 Å². The fourth-order valence-corrected chi connectivity index (χ4v) is 3.92. The van der Waals surface area contributed by atoms with Gasteiger partial charge in [-0.2, -0.15) is 0 Å². The highest BCUT2D eigenvalue weighted by Gasteiger charge is 2.43. The van der Waals surface area contributed by atoms with Gasteiger partial charge >= 0.3 is 0 Å². The molecule has 1 aromatic carbocycles. The van der Waals surface area contributed by atoms with Crippen molar-refractivity contribution in [1.82, 2.24) is 10.0 Å². The molecule has 1 aromatic heterocycles. The van der Waals surface area contributed by atoms with Crippen LogP contribution in [0.1, 0.15) is 19.8 Å². The third-order valence-corrected chi connectivity index (χ3v) is 7.37. The van der Waals surface area contributed by atoms with Gasteiger partial charge in [0.15, 0.2) is 14.6 Å². The molecule has 0 fully saturated rings. The van der Waals surface area contributed by atoms with Gasteiger partial charge in [0, 0.05) is 38.1 Å². The first-order valence-electron chi connectivity index (χ1n) is 9.41. The van der Waals surface area contributed by atoms with Gasteiger partial charge in [-0.25, -0.2) is 13.9 Å². The number of aliphatic hydroxyl groups excluding tert-OH is 1. The maximum absolute atomic E-state index is 12.5. The van der Waals surface area contributed by atoms with E-state index < -0.39 is 26.1 Å². The summed E-state index contributed by atoms with van der Waals surface area (Å²) in [6.45, 7) is 1.49. The number of amides is 1. The monoisotopic (exact) mass is 472 g/mol. The number of hydroxylamine groups is 1. The fourth-order valence-electron chi connectivity index (χ4n) is 2.84. The van der Waals surface area contributed by atoms with Crippen LogP contribution in [-0.4, -0.2) is 53.4 Å². The Morgan fingerprint density at radius 2 is 1.94 bits per heavy atom. The number of aliphatic hydroxyl groups is 1. The molecule has 0 saturated heterocycles. The molecule has 1 amide bonds. The topological polar surface area (TPSA) is 135 Å². The lowest BCUT2D eigenvalue weighted by atomic mass is 10.1. The van der Waals surface area contributed by atoms with E-state index in [1.807, 2.05) is 0 Å². The fraction of sp³-hybridized carbons (Fsp3) is 0.400. The molecule has 11 heteroatoms. The summed E-state index contributed by atoms with van der Waals surface area (Å²) < 4.78 is 29.0. The predicted molar refractivity (Wildman–Crippen MR) is 116 cm³/mol. The molecule has 1 atom stereocenters. The van der Waals surface area contributed by atoms with E-state index in [2.05, 4.69) is 0 Å². The van der Waals surface area contributed by atoms with E-state index in [9.17, 15) is 18.0 Å². The summed E-state index contributed by atoms with van der Waals surface area (Å²) >= 11 is 6.23. The highest BCUT2D eigenvalue weighted by atomic mass is 35.5. The first-order chi connectivity index (χ1) is 14.5.